The zero-order valence-corrected chi connectivity index (χ0v) is 19.1. The minimum absolute atomic E-state index is 0.197. The van der Waals surface area contributed by atoms with Gasteiger partial charge in [0.2, 0.25) is 0 Å². The lowest BCUT2D eigenvalue weighted by molar-refractivity contribution is -0.130. The summed E-state index contributed by atoms with van der Waals surface area (Å²) < 4.78 is 5.46. The molecule has 32 heavy (non-hydrogen) atoms. The van der Waals surface area contributed by atoms with Gasteiger partial charge in [0.05, 0.1) is 6.21 Å². The zero-order chi connectivity index (χ0) is 23.1. The van der Waals surface area contributed by atoms with Crippen LogP contribution in [0.2, 0.25) is 5.02 Å². The Hall–Kier alpha value is -3.32. The van der Waals surface area contributed by atoms with E-state index in [-0.39, 0.29) is 18.4 Å². The number of H-pyrrole nitrogens is 1. The van der Waals surface area contributed by atoms with Gasteiger partial charge in [-0.15, -0.1) is 0 Å². The number of hydrogen-bond acceptors (Lipinski definition) is 4. The van der Waals surface area contributed by atoms with E-state index in [1.54, 1.807) is 30.5 Å². The van der Waals surface area contributed by atoms with Gasteiger partial charge in [-0.05, 0) is 49.6 Å². The van der Waals surface area contributed by atoms with Crippen LogP contribution >= 0.6 is 11.6 Å². The fourth-order valence-corrected chi connectivity index (χ4v) is 3.45. The second kappa shape index (κ2) is 10.8. The molecule has 0 aliphatic heterocycles. The first kappa shape index (κ1) is 23.3. The Morgan fingerprint density at radius 1 is 1.16 bits per heavy atom. The molecule has 0 radical (unpaired) electrons. The van der Waals surface area contributed by atoms with Crippen molar-refractivity contribution in [3.05, 3.63) is 64.8 Å². The minimum Gasteiger partial charge on any atom is -0.484 e. The molecule has 3 rings (SSSR count). The number of ether oxygens (including phenoxy) is 1. The summed E-state index contributed by atoms with van der Waals surface area (Å²) in [4.78, 5) is 28.3. The van der Waals surface area contributed by atoms with Crippen LogP contribution in [0.5, 0.6) is 5.75 Å². The zero-order valence-electron chi connectivity index (χ0n) is 18.3. The summed E-state index contributed by atoms with van der Waals surface area (Å²) in [5, 5.41) is 8.46. The number of hydrogen-bond donors (Lipinski definition) is 3. The Bertz CT molecular complexity index is 1110. The molecular weight excluding hydrogens is 428 g/mol. The Morgan fingerprint density at radius 3 is 2.59 bits per heavy atom. The van der Waals surface area contributed by atoms with E-state index >= 15 is 0 Å². The van der Waals surface area contributed by atoms with Crippen molar-refractivity contribution in [2.45, 2.75) is 33.2 Å². The van der Waals surface area contributed by atoms with Crippen molar-refractivity contribution in [3.8, 4) is 5.75 Å². The van der Waals surface area contributed by atoms with Crippen molar-refractivity contribution in [2.24, 2.45) is 11.0 Å². The number of benzene rings is 2. The molecule has 0 saturated heterocycles. The van der Waals surface area contributed by atoms with Crippen LogP contribution in [-0.2, 0) is 9.59 Å². The van der Waals surface area contributed by atoms with Crippen molar-refractivity contribution < 1.29 is 14.3 Å². The first-order chi connectivity index (χ1) is 15.3. The van der Waals surface area contributed by atoms with Gasteiger partial charge in [-0.25, -0.2) is 5.43 Å². The van der Waals surface area contributed by atoms with Gasteiger partial charge < -0.3 is 15.0 Å². The lowest BCUT2D eigenvalue weighted by atomic mass is 10.0. The molecule has 168 valence electrons. The maximum atomic E-state index is 12.7. The molecule has 3 aromatic rings. The van der Waals surface area contributed by atoms with Gasteiger partial charge in [-0.3, -0.25) is 9.59 Å². The Morgan fingerprint density at radius 2 is 1.88 bits per heavy atom. The van der Waals surface area contributed by atoms with E-state index in [9.17, 15) is 9.59 Å². The molecule has 3 N–H and O–H groups in total. The number of aryl methyl sites for hydroxylation is 1. The summed E-state index contributed by atoms with van der Waals surface area (Å²) in [6, 6.07) is 13.9. The summed E-state index contributed by atoms with van der Waals surface area (Å²) in [6.07, 6.45) is 2.09. The highest BCUT2D eigenvalue weighted by molar-refractivity contribution is 6.30. The van der Waals surface area contributed by atoms with Gasteiger partial charge in [-0.2, -0.15) is 5.10 Å². The molecular formula is C24H27ClN4O3. The lowest BCUT2D eigenvalue weighted by Crippen LogP contribution is -2.47. The van der Waals surface area contributed by atoms with Crippen LogP contribution in [0.3, 0.4) is 0 Å². The molecule has 8 heteroatoms. The maximum Gasteiger partial charge on any atom is 0.262 e. The number of nitrogens with one attached hydrogen (secondary N) is 3. The molecule has 2 aromatic carbocycles. The first-order valence-electron chi connectivity index (χ1n) is 10.4. The standard InChI is InChI=1S/C24H27ClN4O3/c1-15(2)12-22(28-23(30)14-32-18-10-8-17(25)9-11-18)24(31)29-26-13-20-16(3)27-21-7-5-4-6-19(20)21/h4-11,13,15,22,27H,12,14H2,1-3H3,(H,28,30)(H,29,31)/b26-13-/t22-/m0/s1. The molecule has 1 heterocycles. The van der Waals surface area contributed by atoms with E-state index in [4.69, 9.17) is 16.3 Å². The molecule has 1 aromatic heterocycles. The number of nitrogens with zero attached hydrogens (tertiary/aromatic N) is 1. The van der Waals surface area contributed by atoms with Crippen molar-refractivity contribution in [1.82, 2.24) is 15.7 Å². The topological polar surface area (TPSA) is 95.6 Å². The molecule has 0 fully saturated rings. The van der Waals surface area contributed by atoms with Gasteiger partial charge in [0.25, 0.3) is 11.8 Å². The Kier molecular flexibility index (Phi) is 7.89. The number of carbonyl (C=O) groups is 2. The normalized spacial score (nSPS) is 12.3. The molecule has 0 bridgehead atoms. The van der Waals surface area contributed by atoms with E-state index in [1.165, 1.54) is 0 Å². The summed E-state index contributed by atoms with van der Waals surface area (Å²) >= 11 is 5.85. The second-order valence-corrected chi connectivity index (χ2v) is 8.37. The molecule has 0 spiro atoms. The summed E-state index contributed by atoms with van der Waals surface area (Å²) in [5.74, 6) is -0.0549. The molecule has 0 aliphatic rings. The third-order valence-electron chi connectivity index (χ3n) is 4.85. The number of hydrazone groups is 1. The molecule has 1 atom stereocenters. The van der Waals surface area contributed by atoms with Crippen LogP contribution in [0.1, 0.15) is 31.5 Å². The minimum atomic E-state index is -0.725. The van der Waals surface area contributed by atoms with E-state index in [2.05, 4.69) is 20.8 Å². The summed E-state index contributed by atoms with van der Waals surface area (Å²) in [5.41, 5.74) is 5.41. The number of aromatic amines is 1. The highest BCUT2D eigenvalue weighted by Gasteiger charge is 2.22. The van der Waals surface area contributed by atoms with Gasteiger partial charge in [0.15, 0.2) is 6.61 Å². The number of rotatable bonds is 9. The van der Waals surface area contributed by atoms with E-state index < -0.39 is 11.9 Å². The third kappa shape index (κ3) is 6.34. The highest BCUT2D eigenvalue weighted by atomic mass is 35.5. The lowest BCUT2D eigenvalue weighted by Gasteiger charge is -2.19. The van der Waals surface area contributed by atoms with Crippen LogP contribution in [-0.4, -0.2) is 35.7 Å². The molecule has 0 unspecified atom stereocenters. The predicted molar refractivity (Wildman–Crippen MR) is 127 cm³/mol. The fraction of sp³-hybridized carbons (Fsp3) is 0.292. The number of amides is 2. The highest BCUT2D eigenvalue weighted by Crippen LogP contribution is 2.20. The van der Waals surface area contributed by atoms with Gasteiger partial charge in [0.1, 0.15) is 11.8 Å². The van der Waals surface area contributed by atoms with Crippen molar-refractivity contribution >= 4 is 40.5 Å². The van der Waals surface area contributed by atoms with Crippen LogP contribution in [0.15, 0.2) is 53.6 Å². The van der Waals surface area contributed by atoms with E-state index in [1.807, 2.05) is 45.0 Å². The number of carbonyl (C=O) groups excluding carboxylic acids is 2. The van der Waals surface area contributed by atoms with Crippen LogP contribution in [0.25, 0.3) is 10.9 Å². The first-order valence-corrected chi connectivity index (χ1v) is 10.8. The largest absolute Gasteiger partial charge is 0.484 e. The third-order valence-corrected chi connectivity index (χ3v) is 5.11. The van der Waals surface area contributed by atoms with Crippen LogP contribution in [0.4, 0.5) is 0 Å². The van der Waals surface area contributed by atoms with E-state index in [0.29, 0.717) is 17.2 Å². The van der Waals surface area contributed by atoms with Gasteiger partial charge in [0, 0.05) is 27.2 Å². The quantitative estimate of drug-likeness (QED) is 0.334. The monoisotopic (exact) mass is 454 g/mol. The van der Waals surface area contributed by atoms with Crippen molar-refractivity contribution in [2.75, 3.05) is 6.61 Å². The number of aromatic nitrogens is 1. The van der Waals surface area contributed by atoms with E-state index in [0.717, 1.165) is 22.2 Å². The molecule has 0 saturated carbocycles. The fourth-order valence-electron chi connectivity index (χ4n) is 3.32. The Balaban J connectivity index is 1.59. The maximum absolute atomic E-state index is 12.7. The smallest absolute Gasteiger partial charge is 0.262 e. The second-order valence-electron chi connectivity index (χ2n) is 7.94. The Labute approximate surface area is 192 Å². The molecule has 2 amide bonds. The van der Waals surface area contributed by atoms with Crippen molar-refractivity contribution in [3.63, 3.8) is 0 Å². The SMILES string of the molecule is Cc1[nH]c2ccccc2c1/C=N\NC(=O)[C@H](CC(C)C)NC(=O)COc1ccc(Cl)cc1. The van der Waals surface area contributed by atoms with Gasteiger partial charge in [-0.1, -0.05) is 43.6 Å². The van der Waals surface area contributed by atoms with Gasteiger partial charge >= 0.3 is 0 Å². The summed E-state index contributed by atoms with van der Waals surface area (Å²) in [7, 11) is 0. The molecule has 7 nitrogen and oxygen atoms in total. The summed E-state index contributed by atoms with van der Waals surface area (Å²) in [6.45, 7) is 5.71. The average molecular weight is 455 g/mol. The number of halogens is 1. The number of para-hydroxylation sites is 1. The van der Waals surface area contributed by atoms with Crippen LogP contribution in [0, 0.1) is 12.8 Å². The van der Waals surface area contributed by atoms with Crippen molar-refractivity contribution in [1.29, 1.82) is 0 Å². The average Bonchev–Trinajstić information content (AvgIpc) is 3.07. The molecule has 0 aliphatic carbocycles. The van der Waals surface area contributed by atoms with Crippen LogP contribution < -0.4 is 15.5 Å². The number of fused-ring (bicyclic) bond motifs is 1. The predicted octanol–water partition coefficient (Wildman–Crippen LogP) is 4.19.